The number of hydrogen-bond donors (Lipinski definition) is 0. The molecular weight excluding hydrogens is 276 g/mol. The molecule has 0 radical (unpaired) electrons. The van der Waals surface area contributed by atoms with Gasteiger partial charge in [0, 0.05) is 16.9 Å². The first-order chi connectivity index (χ1) is 10.4. The van der Waals surface area contributed by atoms with Crippen molar-refractivity contribution in [2.45, 2.75) is 50.5 Å². The monoisotopic (exact) mass is 300 g/mol. The van der Waals surface area contributed by atoms with Crippen LogP contribution in [0.25, 0.3) is 0 Å². The van der Waals surface area contributed by atoms with Gasteiger partial charge in [0.25, 0.3) is 0 Å². The van der Waals surface area contributed by atoms with E-state index in [4.69, 9.17) is 4.18 Å². The molecule has 0 bridgehead atoms. The number of hydrogen-bond acceptors (Lipinski definition) is 2. The van der Waals surface area contributed by atoms with Crippen molar-refractivity contribution >= 4 is 12.0 Å². The smallest absolute Gasteiger partial charge is 0.0869 e. The van der Waals surface area contributed by atoms with Gasteiger partial charge in [0.15, 0.2) is 0 Å². The lowest BCUT2D eigenvalue weighted by atomic mass is 10.0. The molecule has 0 aliphatic carbocycles. The summed E-state index contributed by atoms with van der Waals surface area (Å²) in [4.78, 5) is 1.14. The van der Waals surface area contributed by atoms with Crippen molar-refractivity contribution in [3.63, 3.8) is 0 Å². The SMILES string of the molecule is CCCCCCc1ccc(COSc2ccccc2)cc1. The van der Waals surface area contributed by atoms with Gasteiger partial charge in [0.05, 0.1) is 6.61 Å². The lowest BCUT2D eigenvalue weighted by Gasteiger charge is -2.05. The average molecular weight is 300 g/mol. The zero-order valence-electron chi connectivity index (χ0n) is 12.8. The first-order valence-corrected chi connectivity index (χ1v) is 8.55. The standard InChI is InChI=1S/C19H24OS/c1-2-3-4-6-9-17-12-14-18(15-13-17)16-20-21-19-10-7-5-8-11-19/h5,7-8,10-15H,2-4,6,9,16H2,1H3. The highest BCUT2D eigenvalue weighted by atomic mass is 32.2. The van der Waals surface area contributed by atoms with Gasteiger partial charge in [0.1, 0.15) is 0 Å². The molecule has 0 amide bonds. The molecule has 2 heteroatoms. The second-order valence-corrected chi connectivity index (χ2v) is 6.16. The van der Waals surface area contributed by atoms with E-state index < -0.39 is 0 Å². The Morgan fingerprint density at radius 1 is 0.810 bits per heavy atom. The number of benzene rings is 2. The number of unbranched alkanes of at least 4 members (excludes halogenated alkanes) is 3. The van der Waals surface area contributed by atoms with E-state index in [1.54, 1.807) is 0 Å². The second-order valence-electron chi connectivity index (χ2n) is 5.29. The number of aryl methyl sites for hydroxylation is 1. The van der Waals surface area contributed by atoms with Gasteiger partial charge in [-0.25, -0.2) is 0 Å². The average Bonchev–Trinajstić information content (AvgIpc) is 2.54. The largest absolute Gasteiger partial charge is 0.305 e. The second kappa shape index (κ2) is 9.64. The molecule has 2 aromatic carbocycles. The molecule has 2 aromatic rings. The third-order valence-corrected chi connectivity index (χ3v) is 4.17. The van der Waals surface area contributed by atoms with E-state index in [0.717, 1.165) is 4.90 Å². The molecule has 0 N–H and O–H groups in total. The summed E-state index contributed by atoms with van der Waals surface area (Å²) in [6.07, 6.45) is 6.49. The van der Waals surface area contributed by atoms with E-state index in [9.17, 15) is 0 Å². The van der Waals surface area contributed by atoms with Gasteiger partial charge >= 0.3 is 0 Å². The van der Waals surface area contributed by atoms with Crippen molar-refractivity contribution in [3.05, 3.63) is 65.7 Å². The van der Waals surface area contributed by atoms with Crippen LogP contribution in [0.2, 0.25) is 0 Å². The molecular formula is C19H24OS. The summed E-state index contributed by atoms with van der Waals surface area (Å²) in [6.45, 7) is 2.90. The Kier molecular flexibility index (Phi) is 7.41. The van der Waals surface area contributed by atoms with Gasteiger partial charge in [-0.3, -0.25) is 0 Å². The Balaban J connectivity index is 1.69. The maximum absolute atomic E-state index is 5.68. The molecule has 1 nitrogen and oxygen atoms in total. The van der Waals surface area contributed by atoms with E-state index in [-0.39, 0.29) is 0 Å². The van der Waals surface area contributed by atoms with Gasteiger partial charge in [-0.1, -0.05) is 68.7 Å². The van der Waals surface area contributed by atoms with E-state index in [2.05, 4.69) is 43.3 Å². The molecule has 0 heterocycles. The van der Waals surface area contributed by atoms with Crippen LogP contribution in [-0.4, -0.2) is 0 Å². The van der Waals surface area contributed by atoms with Crippen molar-refractivity contribution in [2.24, 2.45) is 0 Å². The van der Waals surface area contributed by atoms with E-state index >= 15 is 0 Å². The molecule has 0 aliphatic rings. The summed E-state index contributed by atoms with van der Waals surface area (Å²) in [6, 6.07) is 19.0. The van der Waals surface area contributed by atoms with Crippen LogP contribution in [-0.2, 0) is 17.2 Å². The van der Waals surface area contributed by atoms with Crippen LogP contribution in [0, 0.1) is 0 Å². The van der Waals surface area contributed by atoms with Crippen LogP contribution in [0.3, 0.4) is 0 Å². The lowest BCUT2D eigenvalue weighted by Crippen LogP contribution is -1.89. The Morgan fingerprint density at radius 2 is 1.52 bits per heavy atom. The number of rotatable bonds is 9. The van der Waals surface area contributed by atoms with E-state index in [1.807, 2.05) is 18.2 Å². The highest BCUT2D eigenvalue weighted by Gasteiger charge is 1.98. The van der Waals surface area contributed by atoms with E-state index in [0.29, 0.717) is 6.61 Å². The predicted molar refractivity (Wildman–Crippen MR) is 91.4 cm³/mol. The first kappa shape index (κ1) is 16.1. The molecule has 0 unspecified atom stereocenters. The topological polar surface area (TPSA) is 9.23 Å². The Morgan fingerprint density at radius 3 is 2.24 bits per heavy atom. The quantitative estimate of drug-likeness (QED) is 0.413. The summed E-state index contributed by atoms with van der Waals surface area (Å²) < 4.78 is 5.68. The zero-order chi connectivity index (χ0) is 14.8. The molecule has 0 spiro atoms. The zero-order valence-corrected chi connectivity index (χ0v) is 13.6. The van der Waals surface area contributed by atoms with Gasteiger partial charge in [-0.05, 0) is 36.1 Å². The van der Waals surface area contributed by atoms with Gasteiger partial charge in [0.2, 0.25) is 0 Å². The highest BCUT2D eigenvalue weighted by Crippen LogP contribution is 2.20. The Hall–Kier alpha value is -1.25. The van der Waals surface area contributed by atoms with Gasteiger partial charge in [-0.2, -0.15) is 0 Å². The van der Waals surface area contributed by atoms with Crippen LogP contribution in [0.1, 0.15) is 43.7 Å². The highest BCUT2D eigenvalue weighted by molar-refractivity contribution is 7.94. The molecule has 112 valence electrons. The first-order valence-electron chi connectivity index (χ1n) is 7.81. The summed E-state index contributed by atoms with van der Waals surface area (Å²) in [7, 11) is 0. The van der Waals surface area contributed by atoms with E-state index in [1.165, 1.54) is 55.3 Å². The molecule has 0 saturated heterocycles. The Labute approximate surface area is 132 Å². The Bertz CT molecular complexity index is 493. The van der Waals surface area contributed by atoms with Crippen LogP contribution in [0.15, 0.2) is 59.5 Å². The van der Waals surface area contributed by atoms with Crippen molar-refractivity contribution < 1.29 is 4.18 Å². The molecule has 21 heavy (non-hydrogen) atoms. The van der Waals surface area contributed by atoms with Gasteiger partial charge < -0.3 is 4.18 Å². The lowest BCUT2D eigenvalue weighted by molar-refractivity contribution is 0.364. The normalized spacial score (nSPS) is 10.7. The summed E-state index contributed by atoms with van der Waals surface area (Å²) in [5.74, 6) is 0. The van der Waals surface area contributed by atoms with Crippen LogP contribution in [0.4, 0.5) is 0 Å². The third kappa shape index (κ3) is 6.36. The van der Waals surface area contributed by atoms with Crippen molar-refractivity contribution in [1.82, 2.24) is 0 Å². The maximum Gasteiger partial charge on any atom is 0.0869 e. The molecule has 2 rings (SSSR count). The molecule has 0 fully saturated rings. The van der Waals surface area contributed by atoms with Crippen LogP contribution in [0.5, 0.6) is 0 Å². The molecule has 0 saturated carbocycles. The predicted octanol–water partition coefficient (Wildman–Crippen LogP) is 6.03. The molecule has 0 aliphatic heterocycles. The minimum Gasteiger partial charge on any atom is -0.305 e. The molecule has 0 aromatic heterocycles. The fourth-order valence-electron chi connectivity index (χ4n) is 2.20. The summed E-state index contributed by atoms with van der Waals surface area (Å²) in [5.41, 5.74) is 2.67. The van der Waals surface area contributed by atoms with Crippen LogP contribution >= 0.6 is 12.0 Å². The maximum atomic E-state index is 5.68. The minimum absolute atomic E-state index is 0.648. The fourth-order valence-corrected chi connectivity index (χ4v) is 2.80. The van der Waals surface area contributed by atoms with Gasteiger partial charge in [-0.15, -0.1) is 0 Å². The summed E-state index contributed by atoms with van der Waals surface area (Å²) >= 11 is 1.44. The third-order valence-electron chi connectivity index (χ3n) is 3.47. The van der Waals surface area contributed by atoms with Crippen molar-refractivity contribution in [1.29, 1.82) is 0 Å². The fraction of sp³-hybridized carbons (Fsp3) is 0.368. The van der Waals surface area contributed by atoms with Crippen molar-refractivity contribution in [3.8, 4) is 0 Å². The molecule has 0 atom stereocenters. The summed E-state index contributed by atoms with van der Waals surface area (Å²) in [5, 5.41) is 0. The minimum atomic E-state index is 0.648. The van der Waals surface area contributed by atoms with Crippen molar-refractivity contribution in [2.75, 3.05) is 0 Å². The van der Waals surface area contributed by atoms with Crippen LogP contribution < -0.4 is 0 Å².